The number of aryl methyl sites for hydroxylation is 3. The molecule has 10 rings (SSSR count). The number of anilines is 2. The molecule has 2 aromatic carbocycles. The number of hydrogen-bond acceptors (Lipinski definition) is 9. The predicted molar refractivity (Wildman–Crippen MR) is 249 cm³/mol. The third kappa shape index (κ3) is 7.61. The zero-order valence-corrected chi connectivity index (χ0v) is 37.5. The molecule has 8 aromatic rings. The zero-order valence-electron chi connectivity index (χ0n) is 37.5. The number of rotatable bonds is 8. The fraction of sp³-hybridized carbons (Fsp3) is 0.340. The second-order valence-electron chi connectivity index (χ2n) is 18.8. The van der Waals surface area contributed by atoms with Crippen LogP contribution in [0.2, 0.25) is 0 Å². The Morgan fingerprint density at radius 1 is 0.969 bits per heavy atom. The lowest BCUT2D eigenvalue weighted by Crippen LogP contribution is -2.41. The highest BCUT2D eigenvalue weighted by molar-refractivity contribution is 5.93. The van der Waals surface area contributed by atoms with Crippen molar-refractivity contribution in [3.05, 3.63) is 134 Å². The van der Waals surface area contributed by atoms with Crippen LogP contribution in [0.3, 0.4) is 0 Å². The molecule has 0 bridgehead atoms. The van der Waals surface area contributed by atoms with Gasteiger partial charge in [0.2, 0.25) is 5.95 Å². The highest BCUT2D eigenvalue weighted by atomic mass is 19.1. The number of hydrogen-bond donors (Lipinski definition) is 2. The van der Waals surface area contributed by atoms with E-state index in [9.17, 15) is 14.9 Å². The third-order valence-electron chi connectivity index (χ3n) is 13.1. The number of fused-ring (bicyclic) bond motifs is 5. The van der Waals surface area contributed by atoms with Gasteiger partial charge < -0.3 is 24.7 Å². The number of benzene rings is 2. The molecule has 0 radical (unpaired) electrons. The van der Waals surface area contributed by atoms with Crippen LogP contribution in [-0.4, -0.2) is 80.5 Å². The van der Waals surface area contributed by atoms with Gasteiger partial charge in [-0.1, -0.05) is 26.8 Å². The number of aromatic nitrogens is 8. The zero-order chi connectivity index (χ0) is 45.3. The van der Waals surface area contributed by atoms with Gasteiger partial charge in [0.25, 0.3) is 5.91 Å². The first kappa shape index (κ1) is 41.8. The molecule has 2 aliphatic rings. The molecular formula is C50H51FN12O2. The summed E-state index contributed by atoms with van der Waals surface area (Å²) in [7, 11) is 0. The lowest BCUT2D eigenvalue weighted by atomic mass is 9.94. The number of nitrogens with zero attached hydrogens (tertiary/aromatic N) is 10. The number of halogens is 1. The number of carbonyl (C=O) groups is 1. The molecule has 2 N–H and O–H groups in total. The molecule has 14 nitrogen and oxygen atoms in total. The second-order valence-corrected chi connectivity index (χ2v) is 18.8. The van der Waals surface area contributed by atoms with E-state index in [0.29, 0.717) is 52.7 Å². The van der Waals surface area contributed by atoms with Crippen LogP contribution in [0.15, 0.2) is 77.9 Å². The normalized spacial score (nSPS) is 15.0. The third-order valence-corrected chi connectivity index (χ3v) is 13.1. The van der Waals surface area contributed by atoms with Crippen LogP contribution in [0.25, 0.3) is 38.8 Å². The highest BCUT2D eigenvalue weighted by Gasteiger charge is 2.31. The number of amides is 1. The van der Waals surface area contributed by atoms with Gasteiger partial charge in [-0.05, 0) is 111 Å². The van der Waals surface area contributed by atoms with Crippen molar-refractivity contribution < 1.29 is 9.18 Å². The molecule has 8 heterocycles. The summed E-state index contributed by atoms with van der Waals surface area (Å²) >= 11 is 0. The van der Waals surface area contributed by atoms with Gasteiger partial charge in [0, 0.05) is 77.3 Å². The number of likely N-dealkylation sites (tertiary alicyclic amines) is 1. The SMILES string of the molecule is Cc1[nH]c2ccc(Nc3nc(C)c4c(n3)n(C3CCN(CC(C)(C)C)CC3)c(=O)n4-c3ccc(C(=O)N4CCc5c(n(Cc6ccc(C#N)cc6F)c6ncccc56)C4)nc3)cc2c1C. The highest BCUT2D eigenvalue weighted by Crippen LogP contribution is 2.34. The van der Waals surface area contributed by atoms with Gasteiger partial charge in [-0.3, -0.25) is 13.9 Å². The number of piperidine rings is 1. The summed E-state index contributed by atoms with van der Waals surface area (Å²) in [6.45, 7) is 16.4. The van der Waals surface area contributed by atoms with Crippen LogP contribution in [0, 0.1) is 43.3 Å². The molecule has 0 atom stereocenters. The molecule has 65 heavy (non-hydrogen) atoms. The molecule has 6 aromatic heterocycles. The monoisotopic (exact) mass is 870 g/mol. The van der Waals surface area contributed by atoms with Crippen molar-refractivity contribution in [2.75, 3.05) is 31.5 Å². The number of aromatic amines is 1. The van der Waals surface area contributed by atoms with Crippen LogP contribution >= 0.6 is 0 Å². The standard InChI is InChI=1S/C50H51FN12O2/c1-29-30(2)55-41-13-11-34(23-39(29)41)57-48-56-31(3)44-46(58-48)63(35-15-19-59(20-16-35)28-50(4,5)6)49(65)62(44)36-12-14-42(54-25-36)47(64)60-21-17-37-38-8-7-18-53-45(38)61(43(37)27-60)26-33-10-9-32(24-52)22-40(33)51/h7-14,18,22-23,25,35,55H,15-17,19-21,26-28H2,1-6H3,(H,56,57,58). The number of nitrogens with one attached hydrogen (secondary N) is 2. The Balaban J connectivity index is 0.971. The summed E-state index contributed by atoms with van der Waals surface area (Å²) in [6.07, 6.45) is 5.47. The van der Waals surface area contributed by atoms with Crippen LogP contribution < -0.4 is 11.0 Å². The number of carbonyl (C=O) groups excluding carboxylic acids is 1. The molecule has 0 spiro atoms. The van der Waals surface area contributed by atoms with Crippen molar-refractivity contribution in [3.8, 4) is 11.8 Å². The number of nitriles is 1. The van der Waals surface area contributed by atoms with E-state index in [1.807, 2.05) is 46.4 Å². The predicted octanol–water partition coefficient (Wildman–Crippen LogP) is 8.42. The topological polar surface area (TPSA) is 159 Å². The van der Waals surface area contributed by atoms with E-state index < -0.39 is 5.82 Å². The summed E-state index contributed by atoms with van der Waals surface area (Å²) < 4.78 is 20.6. The molecule has 0 unspecified atom stereocenters. The average molecular weight is 871 g/mol. The van der Waals surface area contributed by atoms with Gasteiger partial charge in [0.15, 0.2) is 5.65 Å². The molecule has 2 aliphatic heterocycles. The van der Waals surface area contributed by atoms with Crippen molar-refractivity contribution in [3.63, 3.8) is 0 Å². The molecule has 1 saturated heterocycles. The Labute approximate surface area is 375 Å². The smallest absolute Gasteiger partial charge is 0.335 e. The molecule has 1 amide bonds. The minimum atomic E-state index is -0.470. The maximum absolute atomic E-state index is 15.2. The number of pyridine rings is 2. The number of H-pyrrole nitrogens is 1. The first-order valence-corrected chi connectivity index (χ1v) is 22.2. The fourth-order valence-electron chi connectivity index (χ4n) is 9.90. The molecular weight excluding hydrogens is 820 g/mol. The fourth-order valence-corrected chi connectivity index (χ4v) is 9.90. The summed E-state index contributed by atoms with van der Waals surface area (Å²) in [5.74, 6) is -0.329. The first-order chi connectivity index (χ1) is 31.2. The van der Waals surface area contributed by atoms with E-state index in [1.165, 1.54) is 11.6 Å². The van der Waals surface area contributed by atoms with E-state index in [4.69, 9.17) is 9.97 Å². The Bertz CT molecular complexity index is 3280. The van der Waals surface area contributed by atoms with Gasteiger partial charge in [-0.15, -0.1) is 0 Å². The van der Waals surface area contributed by atoms with Crippen LogP contribution in [0.5, 0.6) is 0 Å². The number of imidazole rings is 1. The van der Waals surface area contributed by atoms with Crippen molar-refractivity contribution >= 4 is 50.6 Å². The lowest BCUT2D eigenvalue weighted by molar-refractivity contribution is 0.0724. The van der Waals surface area contributed by atoms with E-state index in [1.54, 1.807) is 46.1 Å². The van der Waals surface area contributed by atoms with Gasteiger partial charge in [0.1, 0.15) is 22.7 Å². The molecule has 0 saturated carbocycles. The summed E-state index contributed by atoms with van der Waals surface area (Å²) in [5, 5.41) is 14.8. The molecule has 330 valence electrons. The van der Waals surface area contributed by atoms with E-state index in [0.717, 1.165) is 71.4 Å². The van der Waals surface area contributed by atoms with E-state index >= 15 is 4.39 Å². The molecule has 1 fully saturated rings. The van der Waals surface area contributed by atoms with E-state index in [2.05, 4.69) is 65.9 Å². The summed E-state index contributed by atoms with van der Waals surface area (Å²) in [4.78, 5) is 56.1. The van der Waals surface area contributed by atoms with Gasteiger partial charge >= 0.3 is 5.69 Å². The Morgan fingerprint density at radius 3 is 2.52 bits per heavy atom. The maximum Gasteiger partial charge on any atom is 0.335 e. The van der Waals surface area contributed by atoms with Crippen LogP contribution in [0.1, 0.15) is 89.5 Å². The second kappa shape index (κ2) is 16.1. The Hall–Kier alpha value is -7.18. The van der Waals surface area contributed by atoms with Gasteiger partial charge in [-0.25, -0.2) is 24.1 Å². The van der Waals surface area contributed by atoms with Crippen molar-refractivity contribution in [2.24, 2.45) is 5.41 Å². The van der Waals surface area contributed by atoms with Crippen molar-refractivity contribution in [1.29, 1.82) is 5.26 Å². The quantitative estimate of drug-likeness (QED) is 0.153. The minimum Gasteiger partial charge on any atom is -0.358 e. The van der Waals surface area contributed by atoms with Crippen LogP contribution in [-0.2, 0) is 19.5 Å². The molecule has 15 heteroatoms. The van der Waals surface area contributed by atoms with Crippen molar-refractivity contribution in [2.45, 2.75) is 79.9 Å². The Kier molecular flexibility index (Phi) is 10.4. The molecule has 0 aliphatic carbocycles. The largest absolute Gasteiger partial charge is 0.358 e. The Morgan fingerprint density at radius 2 is 1.78 bits per heavy atom. The van der Waals surface area contributed by atoms with Crippen molar-refractivity contribution in [1.82, 2.24) is 48.4 Å². The summed E-state index contributed by atoms with van der Waals surface area (Å²) in [6, 6.07) is 19.8. The van der Waals surface area contributed by atoms with Gasteiger partial charge in [0.05, 0.1) is 42.3 Å². The first-order valence-electron chi connectivity index (χ1n) is 22.2. The average Bonchev–Trinajstić information content (AvgIpc) is 3.88. The summed E-state index contributed by atoms with van der Waals surface area (Å²) in [5.41, 5.74) is 9.99. The van der Waals surface area contributed by atoms with Gasteiger partial charge in [-0.2, -0.15) is 10.2 Å². The minimum absolute atomic E-state index is 0.0801. The lowest BCUT2D eigenvalue weighted by Gasteiger charge is -2.36. The van der Waals surface area contributed by atoms with Crippen LogP contribution in [0.4, 0.5) is 16.0 Å². The maximum atomic E-state index is 15.2. The van der Waals surface area contributed by atoms with E-state index in [-0.39, 0.29) is 47.4 Å².